The minimum Gasteiger partial charge on any atom is -0.505 e. The van der Waals surface area contributed by atoms with Crippen LogP contribution >= 0.6 is 11.6 Å². The molecule has 0 aliphatic rings. The van der Waals surface area contributed by atoms with E-state index in [9.17, 15) is 9.90 Å². The second kappa shape index (κ2) is 6.25. The van der Waals surface area contributed by atoms with Crippen molar-refractivity contribution in [2.75, 3.05) is 7.11 Å². The minimum absolute atomic E-state index is 0.0765. The molecule has 3 rings (SSSR count). The maximum absolute atomic E-state index is 11.4. The van der Waals surface area contributed by atoms with Gasteiger partial charge in [-0.05, 0) is 42.5 Å². The highest BCUT2D eigenvalue weighted by Crippen LogP contribution is 2.35. The number of aromatic hydroxyl groups is 1. The third kappa shape index (κ3) is 2.91. The molecular weight excluding hydrogens is 332 g/mol. The van der Waals surface area contributed by atoms with E-state index in [4.69, 9.17) is 26.8 Å². The van der Waals surface area contributed by atoms with E-state index in [1.807, 2.05) is 0 Å². The van der Waals surface area contributed by atoms with Crippen LogP contribution in [0.4, 0.5) is 0 Å². The highest BCUT2D eigenvalue weighted by molar-refractivity contribution is 6.35. The summed E-state index contributed by atoms with van der Waals surface area (Å²) in [5.74, 6) is 0.563. The molecule has 7 heteroatoms. The van der Waals surface area contributed by atoms with Gasteiger partial charge in [0.05, 0.1) is 7.11 Å². The molecule has 0 fully saturated rings. The minimum atomic E-state index is -0.863. The van der Waals surface area contributed by atoms with E-state index in [2.05, 4.69) is 4.98 Å². The van der Waals surface area contributed by atoms with Crippen molar-refractivity contribution in [2.45, 2.75) is 0 Å². The first-order chi connectivity index (χ1) is 11.5. The monoisotopic (exact) mass is 344 g/mol. The second-order valence-electron chi connectivity index (χ2n) is 4.95. The van der Waals surface area contributed by atoms with E-state index < -0.39 is 5.91 Å². The summed E-state index contributed by atoms with van der Waals surface area (Å²) in [4.78, 5) is 15.2. The number of rotatable bonds is 4. The zero-order valence-corrected chi connectivity index (χ0v) is 13.4. The lowest BCUT2D eigenvalue weighted by molar-refractivity contribution is 0.0993. The van der Waals surface area contributed by atoms with Crippen LogP contribution in [0, 0.1) is 0 Å². The molecule has 1 aromatic heterocycles. The lowest BCUT2D eigenvalue weighted by atomic mass is 10.1. The van der Waals surface area contributed by atoms with Crippen molar-refractivity contribution >= 4 is 28.3 Å². The van der Waals surface area contributed by atoms with Gasteiger partial charge < -0.3 is 20.3 Å². The summed E-state index contributed by atoms with van der Waals surface area (Å²) in [6.45, 7) is 0. The van der Waals surface area contributed by atoms with Crippen molar-refractivity contribution in [2.24, 2.45) is 5.73 Å². The quantitative estimate of drug-likeness (QED) is 0.706. The smallest absolute Gasteiger partial charge is 0.271 e. The Bertz CT molecular complexity index is 926. The number of pyridine rings is 1. The first kappa shape index (κ1) is 15.9. The van der Waals surface area contributed by atoms with Crippen molar-refractivity contribution in [1.29, 1.82) is 0 Å². The number of fused-ring (bicyclic) bond motifs is 1. The van der Waals surface area contributed by atoms with Crippen molar-refractivity contribution in [3.63, 3.8) is 0 Å². The van der Waals surface area contributed by atoms with Crippen molar-refractivity contribution < 1.29 is 19.4 Å². The Morgan fingerprint density at radius 2 is 1.71 bits per heavy atom. The van der Waals surface area contributed by atoms with Crippen LogP contribution in [0.5, 0.6) is 23.0 Å². The number of amides is 1. The number of benzene rings is 2. The molecular formula is C17H13ClN2O4. The van der Waals surface area contributed by atoms with Crippen LogP contribution in [-0.2, 0) is 0 Å². The van der Waals surface area contributed by atoms with Crippen LogP contribution in [0.25, 0.3) is 10.8 Å². The van der Waals surface area contributed by atoms with Crippen LogP contribution in [0.1, 0.15) is 10.5 Å². The molecule has 6 nitrogen and oxygen atoms in total. The summed E-state index contributed by atoms with van der Waals surface area (Å²) in [5, 5.41) is 11.1. The number of hydrogen-bond donors (Lipinski definition) is 2. The van der Waals surface area contributed by atoms with Crippen molar-refractivity contribution in [3.8, 4) is 23.0 Å². The topological polar surface area (TPSA) is 94.7 Å². The van der Waals surface area contributed by atoms with Gasteiger partial charge in [0.2, 0.25) is 0 Å². The molecule has 0 saturated carbocycles. The molecule has 3 N–H and O–H groups in total. The van der Waals surface area contributed by atoms with Gasteiger partial charge in [-0.25, -0.2) is 4.98 Å². The number of ether oxygens (including phenoxy) is 2. The lowest BCUT2D eigenvalue weighted by Gasteiger charge is -2.10. The molecule has 0 saturated heterocycles. The van der Waals surface area contributed by atoms with Gasteiger partial charge >= 0.3 is 0 Å². The highest BCUT2D eigenvalue weighted by Gasteiger charge is 2.17. The highest BCUT2D eigenvalue weighted by atomic mass is 35.5. The molecule has 0 aliphatic heterocycles. The summed E-state index contributed by atoms with van der Waals surface area (Å²) in [6, 6.07) is 11.9. The maximum atomic E-state index is 11.4. The first-order valence-electron chi connectivity index (χ1n) is 6.93. The number of methoxy groups -OCH3 is 1. The van der Waals surface area contributed by atoms with Gasteiger partial charge in [0.25, 0.3) is 5.91 Å². The number of carbonyl (C=O) groups excluding carboxylic acids is 1. The Balaban J connectivity index is 2.03. The Labute approximate surface area is 142 Å². The van der Waals surface area contributed by atoms with Gasteiger partial charge in [-0.1, -0.05) is 11.6 Å². The van der Waals surface area contributed by atoms with Crippen LogP contribution in [0.2, 0.25) is 5.15 Å². The van der Waals surface area contributed by atoms with E-state index >= 15 is 0 Å². The van der Waals surface area contributed by atoms with Gasteiger partial charge in [0.15, 0.2) is 11.4 Å². The van der Waals surface area contributed by atoms with Crippen LogP contribution < -0.4 is 15.2 Å². The first-order valence-corrected chi connectivity index (χ1v) is 7.31. The average molecular weight is 345 g/mol. The molecule has 0 unspecified atom stereocenters. The normalized spacial score (nSPS) is 10.6. The summed E-state index contributed by atoms with van der Waals surface area (Å²) >= 11 is 6.04. The van der Waals surface area contributed by atoms with Crippen LogP contribution in [-0.4, -0.2) is 23.1 Å². The molecule has 0 bridgehead atoms. The fourth-order valence-electron chi connectivity index (χ4n) is 2.25. The predicted molar refractivity (Wildman–Crippen MR) is 90.0 cm³/mol. The van der Waals surface area contributed by atoms with E-state index in [0.717, 1.165) is 0 Å². The third-order valence-electron chi connectivity index (χ3n) is 3.43. The van der Waals surface area contributed by atoms with Crippen molar-refractivity contribution in [3.05, 3.63) is 53.3 Å². The molecule has 0 atom stereocenters. The Morgan fingerprint density at radius 3 is 2.33 bits per heavy atom. The SMILES string of the molecule is COc1ccc(Oc2ccc3c(Cl)nc(C(N)=O)c(O)c3c2)cc1. The molecule has 3 aromatic rings. The van der Waals surface area contributed by atoms with Crippen molar-refractivity contribution in [1.82, 2.24) is 4.98 Å². The predicted octanol–water partition coefficient (Wildman–Crippen LogP) is 3.49. The number of halogens is 1. The molecule has 24 heavy (non-hydrogen) atoms. The van der Waals surface area contributed by atoms with Crippen LogP contribution in [0.3, 0.4) is 0 Å². The summed E-state index contributed by atoms with van der Waals surface area (Å²) in [6.07, 6.45) is 0. The zero-order chi connectivity index (χ0) is 17.3. The summed E-state index contributed by atoms with van der Waals surface area (Å²) in [7, 11) is 1.58. The number of aromatic nitrogens is 1. The number of hydrogen-bond acceptors (Lipinski definition) is 5. The van der Waals surface area contributed by atoms with Crippen LogP contribution in [0.15, 0.2) is 42.5 Å². The Hall–Kier alpha value is -2.99. The Morgan fingerprint density at radius 1 is 1.08 bits per heavy atom. The van der Waals surface area contributed by atoms with Gasteiger partial charge in [0, 0.05) is 10.8 Å². The van der Waals surface area contributed by atoms with Gasteiger partial charge in [-0.2, -0.15) is 0 Å². The molecule has 0 spiro atoms. The average Bonchev–Trinajstić information content (AvgIpc) is 2.58. The van der Waals surface area contributed by atoms with E-state index in [1.165, 1.54) is 0 Å². The molecule has 1 heterocycles. The van der Waals surface area contributed by atoms with E-state index in [-0.39, 0.29) is 16.6 Å². The van der Waals surface area contributed by atoms with Gasteiger partial charge in [0.1, 0.15) is 22.4 Å². The number of primary amides is 1. The zero-order valence-electron chi connectivity index (χ0n) is 12.6. The second-order valence-corrected chi connectivity index (χ2v) is 5.31. The standard InChI is InChI=1S/C17H13ClN2O4/c1-23-9-2-4-10(5-3-9)24-11-6-7-12-13(8-11)15(21)14(17(19)22)20-16(12)18/h2-8,21H,1H3,(H2,19,22). The fourth-order valence-corrected chi connectivity index (χ4v) is 2.50. The number of carbonyl (C=O) groups is 1. The number of nitrogens with zero attached hydrogens (tertiary/aromatic N) is 1. The largest absolute Gasteiger partial charge is 0.505 e. The molecule has 122 valence electrons. The maximum Gasteiger partial charge on any atom is 0.271 e. The summed E-state index contributed by atoms with van der Waals surface area (Å²) < 4.78 is 10.8. The molecule has 0 radical (unpaired) electrons. The van der Waals surface area contributed by atoms with E-state index in [0.29, 0.717) is 28.0 Å². The Kier molecular flexibility index (Phi) is 4.14. The van der Waals surface area contributed by atoms with Gasteiger partial charge in [-0.15, -0.1) is 0 Å². The summed E-state index contributed by atoms with van der Waals surface area (Å²) in [5.41, 5.74) is 4.92. The number of nitrogens with two attached hydrogens (primary N) is 1. The molecule has 1 amide bonds. The molecule has 0 aliphatic carbocycles. The van der Waals surface area contributed by atoms with Gasteiger partial charge in [-0.3, -0.25) is 4.79 Å². The fraction of sp³-hybridized carbons (Fsp3) is 0.0588. The lowest BCUT2D eigenvalue weighted by Crippen LogP contribution is -2.13. The third-order valence-corrected chi connectivity index (χ3v) is 3.72. The molecule has 2 aromatic carbocycles. The van der Waals surface area contributed by atoms with E-state index in [1.54, 1.807) is 49.6 Å².